The molecule has 5 nitrogen and oxygen atoms in total. The molecule has 21 heavy (non-hydrogen) atoms. The number of nitrogens with zero attached hydrogens (tertiary/aromatic N) is 3. The minimum Gasteiger partial charge on any atom is -0.294 e. The van der Waals surface area contributed by atoms with Crippen LogP contribution >= 0.6 is 11.3 Å². The van der Waals surface area contributed by atoms with Crippen molar-refractivity contribution in [3.8, 4) is 0 Å². The van der Waals surface area contributed by atoms with Gasteiger partial charge in [-0.2, -0.15) is 4.31 Å². The Kier molecular flexibility index (Phi) is 5.07. The lowest BCUT2D eigenvalue weighted by Gasteiger charge is -2.33. The Morgan fingerprint density at radius 3 is 2.33 bits per heavy atom. The SMILES string of the molecule is CCS(=O)(=O)N1CCN(Cc2nc(C(C)(C)C)cs2)CC1. The molecule has 2 rings (SSSR count). The predicted octanol–water partition coefficient (Wildman–Crippen LogP) is 1.91. The number of hydrogen-bond acceptors (Lipinski definition) is 5. The van der Waals surface area contributed by atoms with Crippen molar-refractivity contribution in [3.63, 3.8) is 0 Å². The van der Waals surface area contributed by atoms with E-state index in [9.17, 15) is 8.42 Å². The van der Waals surface area contributed by atoms with E-state index in [0.717, 1.165) is 30.3 Å². The molecule has 1 aromatic heterocycles. The Hall–Kier alpha value is -0.500. The maximum Gasteiger partial charge on any atom is 0.213 e. The topological polar surface area (TPSA) is 53.5 Å². The molecule has 0 amide bonds. The molecule has 0 aliphatic carbocycles. The summed E-state index contributed by atoms with van der Waals surface area (Å²) in [6.07, 6.45) is 0. The molecule has 0 aromatic carbocycles. The van der Waals surface area contributed by atoms with Crippen LogP contribution in [0, 0.1) is 0 Å². The van der Waals surface area contributed by atoms with Gasteiger partial charge in [0.25, 0.3) is 0 Å². The van der Waals surface area contributed by atoms with Crippen LogP contribution in [0.15, 0.2) is 5.38 Å². The van der Waals surface area contributed by atoms with Crippen LogP contribution < -0.4 is 0 Å². The normalized spacial score (nSPS) is 19.0. The van der Waals surface area contributed by atoms with Gasteiger partial charge in [0, 0.05) is 37.0 Å². The van der Waals surface area contributed by atoms with Gasteiger partial charge in [0.15, 0.2) is 0 Å². The van der Waals surface area contributed by atoms with Gasteiger partial charge in [-0.3, -0.25) is 4.90 Å². The van der Waals surface area contributed by atoms with E-state index in [1.165, 1.54) is 0 Å². The van der Waals surface area contributed by atoms with Crippen molar-refractivity contribution in [1.82, 2.24) is 14.2 Å². The second-order valence-electron chi connectivity index (χ2n) is 6.45. The average molecular weight is 332 g/mol. The third-order valence-electron chi connectivity index (χ3n) is 3.77. The first-order valence-electron chi connectivity index (χ1n) is 7.37. The molecule has 0 saturated carbocycles. The molecular formula is C14H25N3O2S2. The molecule has 7 heteroatoms. The summed E-state index contributed by atoms with van der Waals surface area (Å²) in [5.74, 6) is 0.189. The summed E-state index contributed by atoms with van der Waals surface area (Å²) in [5, 5.41) is 3.25. The number of hydrogen-bond donors (Lipinski definition) is 0. The Morgan fingerprint density at radius 1 is 1.24 bits per heavy atom. The maximum atomic E-state index is 11.8. The van der Waals surface area contributed by atoms with Gasteiger partial charge >= 0.3 is 0 Å². The lowest BCUT2D eigenvalue weighted by Crippen LogP contribution is -2.48. The van der Waals surface area contributed by atoms with Crippen molar-refractivity contribution in [1.29, 1.82) is 0 Å². The van der Waals surface area contributed by atoms with E-state index in [0.29, 0.717) is 13.1 Å². The summed E-state index contributed by atoms with van der Waals surface area (Å²) < 4.78 is 25.3. The van der Waals surface area contributed by atoms with Crippen molar-refractivity contribution < 1.29 is 8.42 Å². The molecular weight excluding hydrogens is 306 g/mol. The minimum atomic E-state index is -3.04. The van der Waals surface area contributed by atoms with Crippen molar-refractivity contribution in [2.45, 2.75) is 39.7 Å². The molecule has 0 N–H and O–H groups in total. The highest BCUT2D eigenvalue weighted by Crippen LogP contribution is 2.24. The molecule has 0 unspecified atom stereocenters. The second kappa shape index (κ2) is 6.32. The highest BCUT2D eigenvalue weighted by atomic mass is 32.2. The fourth-order valence-corrected chi connectivity index (χ4v) is 4.41. The lowest BCUT2D eigenvalue weighted by molar-refractivity contribution is 0.181. The number of aromatic nitrogens is 1. The zero-order chi connectivity index (χ0) is 15.7. The molecule has 2 heterocycles. The summed E-state index contributed by atoms with van der Waals surface area (Å²) in [5.41, 5.74) is 1.22. The van der Waals surface area contributed by atoms with Crippen molar-refractivity contribution in [2.24, 2.45) is 0 Å². The fraction of sp³-hybridized carbons (Fsp3) is 0.786. The number of rotatable bonds is 4. The Bertz CT molecular complexity index is 567. The van der Waals surface area contributed by atoms with Crippen LogP contribution in [0.5, 0.6) is 0 Å². The zero-order valence-electron chi connectivity index (χ0n) is 13.3. The van der Waals surface area contributed by atoms with Gasteiger partial charge in [0.05, 0.1) is 18.0 Å². The summed E-state index contributed by atoms with van der Waals surface area (Å²) >= 11 is 1.70. The van der Waals surface area contributed by atoms with Gasteiger partial charge in [-0.15, -0.1) is 11.3 Å². The monoisotopic (exact) mass is 331 g/mol. The van der Waals surface area contributed by atoms with Crippen molar-refractivity contribution in [3.05, 3.63) is 16.1 Å². The lowest BCUT2D eigenvalue weighted by atomic mass is 9.93. The van der Waals surface area contributed by atoms with Crippen LogP contribution in [0.1, 0.15) is 38.4 Å². The third-order valence-corrected chi connectivity index (χ3v) is 6.48. The van der Waals surface area contributed by atoms with E-state index >= 15 is 0 Å². The standard InChI is InChI=1S/C14H25N3O2S2/c1-5-21(18,19)17-8-6-16(7-9-17)10-13-15-12(11-20-13)14(2,3)4/h11H,5-10H2,1-4H3. The first-order valence-corrected chi connectivity index (χ1v) is 9.86. The van der Waals surface area contributed by atoms with Gasteiger partial charge in [0.2, 0.25) is 10.0 Å². The van der Waals surface area contributed by atoms with Crippen molar-refractivity contribution >= 4 is 21.4 Å². The molecule has 1 saturated heterocycles. The molecule has 0 radical (unpaired) electrons. The van der Waals surface area contributed by atoms with E-state index in [1.807, 2.05) is 0 Å². The zero-order valence-corrected chi connectivity index (χ0v) is 14.9. The largest absolute Gasteiger partial charge is 0.294 e. The first kappa shape index (κ1) is 16.9. The summed E-state index contributed by atoms with van der Waals surface area (Å²) in [4.78, 5) is 6.99. The van der Waals surface area contributed by atoms with E-state index < -0.39 is 10.0 Å². The second-order valence-corrected chi connectivity index (χ2v) is 9.65. The van der Waals surface area contributed by atoms with Gasteiger partial charge < -0.3 is 0 Å². The van der Waals surface area contributed by atoms with Crippen molar-refractivity contribution in [2.75, 3.05) is 31.9 Å². The number of piperazine rings is 1. The molecule has 120 valence electrons. The van der Waals surface area contributed by atoms with Gasteiger partial charge in [-0.05, 0) is 6.92 Å². The number of sulfonamides is 1. The molecule has 1 aromatic rings. The quantitative estimate of drug-likeness (QED) is 0.846. The summed E-state index contributed by atoms with van der Waals surface area (Å²) in [6, 6.07) is 0. The molecule has 1 aliphatic rings. The first-order chi connectivity index (χ1) is 9.72. The van der Waals surface area contributed by atoms with Crippen LogP contribution in [-0.2, 0) is 22.0 Å². The van der Waals surface area contributed by atoms with Crippen LogP contribution in [0.2, 0.25) is 0 Å². The molecule has 1 fully saturated rings. The maximum absolute atomic E-state index is 11.8. The highest BCUT2D eigenvalue weighted by molar-refractivity contribution is 7.89. The predicted molar refractivity (Wildman–Crippen MR) is 87.1 cm³/mol. The highest BCUT2D eigenvalue weighted by Gasteiger charge is 2.26. The number of thiazole rings is 1. The Balaban J connectivity index is 1.91. The van der Waals surface area contributed by atoms with Crippen LogP contribution in [0.25, 0.3) is 0 Å². The van der Waals surface area contributed by atoms with Crippen LogP contribution in [0.4, 0.5) is 0 Å². The fourth-order valence-electron chi connectivity index (χ4n) is 2.27. The summed E-state index contributed by atoms with van der Waals surface area (Å²) in [6.45, 7) is 11.8. The Morgan fingerprint density at radius 2 is 1.86 bits per heavy atom. The van der Waals surface area contributed by atoms with E-state index in [2.05, 4.69) is 31.1 Å². The van der Waals surface area contributed by atoms with Crippen LogP contribution in [-0.4, -0.2) is 54.5 Å². The van der Waals surface area contributed by atoms with E-state index in [-0.39, 0.29) is 11.2 Å². The molecule has 1 aliphatic heterocycles. The van der Waals surface area contributed by atoms with Gasteiger partial charge in [-0.25, -0.2) is 13.4 Å². The van der Waals surface area contributed by atoms with Gasteiger partial charge in [0.1, 0.15) is 5.01 Å². The average Bonchev–Trinajstić information content (AvgIpc) is 2.88. The van der Waals surface area contributed by atoms with Gasteiger partial charge in [-0.1, -0.05) is 20.8 Å². The summed E-state index contributed by atoms with van der Waals surface area (Å²) in [7, 11) is -3.04. The molecule has 0 bridgehead atoms. The van der Waals surface area contributed by atoms with E-state index in [1.54, 1.807) is 22.6 Å². The molecule has 0 atom stereocenters. The van der Waals surface area contributed by atoms with Crippen LogP contribution in [0.3, 0.4) is 0 Å². The minimum absolute atomic E-state index is 0.0860. The van der Waals surface area contributed by atoms with E-state index in [4.69, 9.17) is 4.98 Å². The smallest absolute Gasteiger partial charge is 0.213 e. The third kappa shape index (κ3) is 4.25. The molecule has 0 spiro atoms. The Labute approximate surface area is 132 Å².